The van der Waals surface area contributed by atoms with Crippen molar-refractivity contribution in [3.05, 3.63) is 47.7 Å². The molecule has 4 rings (SSSR count). The Kier molecular flexibility index (Phi) is 6.08. The third-order valence-electron chi connectivity index (χ3n) is 6.88. The number of primary amides is 1. The molecule has 1 aliphatic heterocycles. The highest BCUT2D eigenvalue weighted by Gasteiger charge is 2.49. The molecule has 0 unspecified atom stereocenters. The Morgan fingerprint density at radius 1 is 1.30 bits per heavy atom. The minimum absolute atomic E-state index is 0.00149. The van der Waals surface area contributed by atoms with Gasteiger partial charge in [-0.3, -0.25) is 19.7 Å². The predicted molar refractivity (Wildman–Crippen MR) is 118 cm³/mol. The zero-order valence-electron chi connectivity index (χ0n) is 18.5. The summed E-state index contributed by atoms with van der Waals surface area (Å²) in [6.07, 6.45) is 3.68. The van der Waals surface area contributed by atoms with E-state index < -0.39 is 23.2 Å². The number of nitrogens with one attached hydrogen (secondary N) is 1. The number of rotatable bonds is 6. The van der Waals surface area contributed by atoms with E-state index in [1.807, 2.05) is 30.3 Å². The molecule has 1 saturated heterocycles. The van der Waals surface area contributed by atoms with Crippen LogP contribution in [0, 0.1) is 11.3 Å². The van der Waals surface area contributed by atoms with E-state index in [4.69, 9.17) is 5.73 Å². The van der Waals surface area contributed by atoms with Gasteiger partial charge in [0.25, 0.3) is 5.91 Å². The van der Waals surface area contributed by atoms with Crippen molar-refractivity contribution < 1.29 is 18.7 Å². The molecular formula is C23H27FN6O3. The normalized spacial score (nSPS) is 24.3. The van der Waals surface area contributed by atoms with Gasteiger partial charge in [0.1, 0.15) is 5.56 Å². The van der Waals surface area contributed by atoms with Crippen LogP contribution in [0.15, 0.2) is 36.5 Å². The highest BCUT2D eigenvalue weighted by atomic mass is 19.1. The van der Waals surface area contributed by atoms with Crippen LogP contribution in [0.25, 0.3) is 0 Å². The van der Waals surface area contributed by atoms with Crippen LogP contribution >= 0.6 is 0 Å². The van der Waals surface area contributed by atoms with Crippen molar-refractivity contribution in [2.24, 2.45) is 5.73 Å². The largest absolute Gasteiger partial charge is 0.453 e. The van der Waals surface area contributed by atoms with Gasteiger partial charge in [-0.2, -0.15) is 10.4 Å². The number of anilines is 1. The third kappa shape index (κ3) is 4.28. The molecule has 10 heteroatoms. The maximum Gasteiger partial charge on any atom is 0.412 e. The molecule has 3 N–H and O–H groups in total. The van der Waals surface area contributed by atoms with Crippen molar-refractivity contribution in [3.8, 4) is 6.07 Å². The minimum Gasteiger partial charge on any atom is -0.453 e. The summed E-state index contributed by atoms with van der Waals surface area (Å²) in [6.45, 7) is 0.710. The van der Waals surface area contributed by atoms with Crippen LogP contribution in [-0.4, -0.2) is 52.9 Å². The number of aromatic nitrogens is 2. The number of amides is 2. The van der Waals surface area contributed by atoms with Gasteiger partial charge < -0.3 is 10.5 Å². The van der Waals surface area contributed by atoms with Crippen molar-refractivity contribution in [2.45, 2.75) is 49.4 Å². The summed E-state index contributed by atoms with van der Waals surface area (Å²) < 4.78 is 21.4. The first kappa shape index (κ1) is 22.7. The fourth-order valence-corrected chi connectivity index (χ4v) is 4.95. The maximum atomic E-state index is 15.3. The average molecular weight is 455 g/mol. The average Bonchev–Trinajstić information content (AvgIpc) is 3.23. The van der Waals surface area contributed by atoms with Crippen molar-refractivity contribution in [2.75, 3.05) is 25.5 Å². The van der Waals surface area contributed by atoms with E-state index in [1.54, 1.807) is 4.68 Å². The van der Waals surface area contributed by atoms with Crippen molar-refractivity contribution in [3.63, 3.8) is 0 Å². The zero-order valence-corrected chi connectivity index (χ0v) is 18.5. The van der Waals surface area contributed by atoms with Gasteiger partial charge in [-0.05, 0) is 31.2 Å². The quantitative estimate of drug-likeness (QED) is 0.691. The number of ether oxygens (including phenoxy) is 1. The molecule has 2 aromatic rings. The Labute approximate surface area is 191 Å². The van der Waals surface area contributed by atoms with Gasteiger partial charge >= 0.3 is 6.09 Å². The Bertz CT molecular complexity index is 1070. The van der Waals surface area contributed by atoms with Crippen LogP contribution in [0.1, 0.15) is 48.0 Å². The molecule has 1 saturated carbocycles. The van der Waals surface area contributed by atoms with Gasteiger partial charge in [-0.15, -0.1) is 0 Å². The van der Waals surface area contributed by atoms with Gasteiger partial charge in [0, 0.05) is 25.3 Å². The van der Waals surface area contributed by atoms with Gasteiger partial charge in [0.15, 0.2) is 11.5 Å². The van der Waals surface area contributed by atoms with Crippen LogP contribution in [0.3, 0.4) is 0 Å². The minimum atomic E-state index is -1.32. The van der Waals surface area contributed by atoms with E-state index in [1.165, 1.54) is 13.3 Å². The number of carbonyl (C=O) groups is 2. The van der Waals surface area contributed by atoms with Crippen LogP contribution in [0.4, 0.5) is 15.0 Å². The summed E-state index contributed by atoms with van der Waals surface area (Å²) in [5.41, 5.74) is 4.25. The lowest BCUT2D eigenvalue weighted by Gasteiger charge is -2.51. The van der Waals surface area contributed by atoms with E-state index in [2.05, 4.69) is 26.1 Å². The molecule has 9 nitrogen and oxygen atoms in total. The molecule has 2 fully saturated rings. The van der Waals surface area contributed by atoms with E-state index in [0.717, 1.165) is 12.8 Å². The van der Waals surface area contributed by atoms with E-state index in [9.17, 15) is 14.9 Å². The Morgan fingerprint density at radius 2 is 1.97 bits per heavy atom. The summed E-state index contributed by atoms with van der Waals surface area (Å²) in [7, 11) is 1.20. The molecule has 0 atom stereocenters. The molecular weight excluding hydrogens is 427 g/mol. The highest BCUT2D eigenvalue weighted by Crippen LogP contribution is 2.44. The maximum absolute atomic E-state index is 15.3. The summed E-state index contributed by atoms with van der Waals surface area (Å²) >= 11 is 0. The Balaban J connectivity index is 1.47. The fraction of sp³-hybridized carbons (Fsp3) is 0.478. The smallest absolute Gasteiger partial charge is 0.412 e. The molecule has 2 aliphatic rings. The first-order valence-electron chi connectivity index (χ1n) is 10.9. The highest BCUT2D eigenvalue weighted by molar-refractivity contribution is 6.00. The van der Waals surface area contributed by atoms with Gasteiger partial charge in [-0.1, -0.05) is 30.3 Å². The van der Waals surface area contributed by atoms with Crippen molar-refractivity contribution in [1.82, 2.24) is 14.7 Å². The van der Waals surface area contributed by atoms with Crippen LogP contribution < -0.4 is 11.1 Å². The molecule has 2 heterocycles. The van der Waals surface area contributed by atoms with Crippen LogP contribution in [0.5, 0.6) is 0 Å². The first-order valence-corrected chi connectivity index (χ1v) is 10.9. The van der Waals surface area contributed by atoms with E-state index in [-0.39, 0.29) is 23.8 Å². The van der Waals surface area contributed by atoms with Crippen LogP contribution in [-0.2, 0) is 15.9 Å². The van der Waals surface area contributed by atoms with Crippen molar-refractivity contribution in [1.29, 1.82) is 5.26 Å². The molecule has 174 valence electrons. The molecule has 0 spiro atoms. The molecule has 1 aliphatic carbocycles. The Hall–Kier alpha value is -3.45. The number of hydrogen-bond acceptors (Lipinski definition) is 6. The molecule has 0 radical (unpaired) electrons. The number of nitriles is 1. The van der Waals surface area contributed by atoms with Crippen molar-refractivity contribution >= 4 is 17.8 Å². The summed E-state index contributed by atoms with van der Waals surface area (Å²) in [5.74, 6) is -0.740. The van der Waals surface area contributed by atoms with E-state index >= 15 is 4.39 Å². The molecule has 33 heavy (non-hydrogen) atoms. The van der Waals surface area contributed by atoms with Gasteiger partial charge in [0.2, 0.25) is 0 Å². The lowest BCUT2D eigenvalue weighted by molar-refractivity contribution is -0.0766. The standard InChI is InChI=1S/C23H27FN6O3/c1-33-21(32)27-20-18(19(26)31)13-30(28-20)22(11-12-25)9-7-17(8-10-22)29-14-23(24,15-29)16-5-3-2-4-6-16/h2-6,13,17H,7-11,14-15H2,1H3,(H2,26,31)(H,27,28,32). The number of likely N-dealkylation sites (tertiary alicyclic amines) is 1. The first-order chi connectivity index (χ1) is 15.8. The molecule has 1 aromatic heterocycles. The number of benzene rings is 1. The summed E-state index contributed by atoms with van der Waals surface area (Å²) in [6, 6.07) is 11.7. The number of nitrogens with two attached hydrogens (primary N) is 1. The molecule has 0 bridgehead atoms. The molecule has 2 amide bonds. The summed E-state index contributed by atoms with van der Waals surface area (Å²) in [4.78, 5) is 25.7. The summed E-state index contributed by atoms with van der Waals surface area (Å²) in [5, 5.41) is 16.3. The molecule has 1 aromatic carbocycles. The monoisotopic (exact) mass is 454 g/mol. The number of nitrogens with zero attached hydrogens (tertiary/aromatic N) is 4. The predicted octanol–water partition coefficient (Wildman–Crippen LogP) is 2.89. The SMILES string of the molecule is COC(=O)Nc1nn(C2(CC#N)CCC(N3CC(F)(c4ccccc4)C3)CC2)cc1C(N)=O. The fourth-order valence-electron chi connectivity index (χ4n) is 4.95. The second-order valence-electron chi connectivity index (χ2n) is 8.84. The number of halogens is 1. The second-order valence-corrected chi connectivity index (χ2v) is 8.84. The number of carbonyl (C=O) groups excluding carboxylic acids is 2. The Morgan fingerprint density at radius 3 is 2.55 bits per heavy atom. The van der Waals surface area contributed by atoms with Gasteiger partial charge in [-0.25, -0.2) is 9.18 Å². The van der Waals surface area contributed by atoms with E-state index in [0.29, 0.717) is 31.5 Å². The zero-order chi connectivity index (χ0) is 23.6. The second kappa shape index (κ2) is 8.83. The lowest BCUT2D eigenvalue weighted by Crippen LogP contribution is -2.61. The lowest BCUT2D eigenvalue weighted by atomic mass is 9.75. The topological polar surface area (TPSA) is 126 Å². The van der Waals surface area contributed by atoms with Gasteiger partial charge in [0.05, 0.1) is 25.1 Å². The number of methoxy groups -OCH3 is 1. The van der Waals surface area contributed by atoms with Crippen LogP contribution in [0.2, 0.25) is 0 Å². The number of alkyl halides is 1. The third-order valence-corrected chi connectivity index (χ3v) is 6.88. The number of hydrogen-bond donors (Lipinski definition) is 2.